The summed E-state index contributed by atoms with van der Waals surface area (Å²) in [5.41, 5.74) is 0.671. The van der Waals surface area contributed by atoms with Gasteiger partial charge in [0.15, 0.2) is 18.1 Å². The predicted molar refractivity (Wildman–Crippen MR) is 89.2 cm³/mol. The first-order chi connectivity index (χ1) is 12.4. The van der Waals surface area contributed by atoms with Crippen LogP contribution in [0.4, 0.5) is 0 Å². The highest BCUT2D eigenvalue weighted by atomic mass is 16.7. The maximum absolute atomic E-state index is 12.0. The lowest BCUT2D eigenvalue weighted by Gasteiger charge is -2.15. The Morgan fingerprint density at radius 2 is 1.92 bits per heavy atom. The number of aromatic hydroxyl groups is 2. The Kier molecular flexibility index (Phi) is 4.83. The molecule has 136 valence electrons. The number of fused-ring (bicyclic) bond motifs is 1. The summed E-state index contributed by atoms with van der Waals surface area (Å²) in [7, 11) is 0. The van der Waals surface area contributed by atoms with Crippen LogP contribution in [-0.2, 0) is 9.53 Å². The van der Waals surface area contributed by atoms with Gasteiger partial charge in [-0.15, -0.1) is 0 Å². The largest absolute Gasteiger partial charge is 0.508 e. The summed E-state index contributed by atoms with van der Waals surface area (Å²) in [6.07, 6.45) is 0. The van der Waals surface area contributed by atoms with E-state index in [0.29, 0.717) is 11.5 Å². The number of ether oxygens (including phenoxy) is 3. The highest BCUT2D eigenvalue weighted by Crippen LogP contribution is 2.34. The summed E-state index contributed by atoms with van der Waals surface area (Å²) in [6, 6.07) is 8.45. The third-order valence-electron chi connectivity index (χ3n) is 3.81. The molecule has 1 aliphatic heterocycles. The van der Waals surface area contributed by atoms with Crippen molar-refractivity contribution in [3.8, 4) is 23.0 Å². The van der Waals surface area contributed by atoms with Gasteiger partial charge in [-0.3, -0.25) is 4.79 Å². The molecular formula is C18H17NO7. The molecule has 8 nitrogen and oxygen atoms in total. The molecular weight excluding hydrogens is 342 g/mol. The predicted octanol–water partition coefficient (Wildman–Crippen LogP) is 1.86. The molecule has 0 fully saturated rings. The van der Waals surface area contributed by atoms with Gasteiger partial charge < -0.3 is 29.7 Å². The first-order valence-electron chi connectivity index (χ1n) is 7.82. The van der Waals surface area contributed by atoms with Crippen molar-refractivity contribution < 1.29 is 34.0 Å². The molecule has 3 rings (SSSR count). The van der Waals surface area contributed by atoms with E-state index in [-0.39, 0.29) is 24.1 Å². The molecule has 0 aliphatic carbocycles. The highest BCUT2D eigenvalue weighted by Gasteiger charge is 2.18. The Morgan fingerprint density at radius 3 is 2.69 bits per heavy atom. The van der Waals surface area contributed by atoms with Gasteiger partial charge in [0.2, 0.25) is 6.79 Å². The number of nitrogens with one attached hydrogen (secondary N) is 1. The fourth-order valence-corrected chi connectivity index (χ4v) is 2.45. The number of amides is 1. The Hall–Kier alpha value is -3.42. The van der Waals surface area contributed by atoms with E-state index in [0.717, 1.165) is 11.6 Å². The van der Waals surface area contributed by atoms with Crippen molar-refractivity contribution in [2.45, 2.75) is 13.0 Å². The molecule has 2 aromatic rings. The highest BCUT2D eigenvalue weighted by molar-refractivity contribution is 5.94. The number of hydrogen-bond donors (Lipinski definition) is 3. The summed E-state index contributed by atoms with van der Waals surface area (Å²) in [4.78, 5) is 23.9. The fraction of sp³-hybridized carbons (Fsp3) is 0.222. The van der Waals surface area contributed by atoms with Gasteiger partial charge >= 0.3 is 5.97 Å². The summed E-state index contributed by atoms with van der Waals surface area (Å²) in [5, 5.41) is 21.5. The Balaban J connectivity index is 1.54. The van der Waals surface area contributed by atoms with Gasteiger partial charge in [-0.25, -0.2) is 4.79 Å². The molecule has 0 bridgehead atoms. The normalized spacial score (nSPS) is 13.1. The minimum Gasteiger partial charge on any atom is -0.508 e. The molecule has 0 unspecified atom stereocenters. The second kappa shape index (κ2) is 7.22. The minimum absolute atomic E-state index is 0.139. The summed E-state index contributed by atoms with van der Waals surface area (Å²) in [5.74, 6) is -0.721. The number of phenolic OH excluding ortho intramolecular Hbond substituents is 2. The van der Waals surface area contributed by atoms with Crippen molar-refractivity contribution in [1.29, 1.82) is 0 Å². The van der Waals surface area contributed by atoms with Crippen molar-refractivity contribution in [2.75, 3.05) is 13.4 Å². The van der Waals surface area contributed by atoms with E-state index >= 15 is 0 Å². The fourth-order valence-electron chi connectivity index (χ4n) is 2.45. The van der Waals surface area contributed by atoms with Gasteiger partial charge in [0, 0.05) is 6.07 Å². The number of phenols is 2. The number of esters is 1. The molecule has 2 aromatic carbocycles. The van der Waals surface area contributed by atoms with Gasteiger partial charge in [-0.05, 0) is 36.8 Å². The lowest BCUT2D eigenvalue weighted by Crippen LogP contribution is -2.31. The van der Waals surface area contributed by atoms with E-state index < -0.39 is 24.2 Å². The van der Waals surface area contributed by atoms with Crippen LogP contribution in [0.5, 0.6) is 23.0 Å². The van der Waals surface area contributed by atoms with Crippen LogP contribution in [0.25, 0.3) is 0 Å². The SMILES string of the molecule is C[C@@H](NC(=O)COC(=O)c1ccc(O)cc1O)c1ccc2c(c1)OCO2. The Bertz CT molecular complexity index is 849. The molecule has 1 amide bonds. The number of rotatable bonds is 5. The van der Waals surface area contributed by atoms with Crippen LogP contribution >= 0.6 is 0 Å². The van der Waals surface area contributed by atoms with Crippen molar-refractivity contribution in [3.05, 3.63) is 47.5 Å². The van der Waals surface area contributed by atoms with Crippen LogP contribution in [0.1, 0.15) is 28.9 Å². The van der Waals surface area contributed by atoms with Crippen LogP contribution in [0.15, 0.2) is 36.4 Å². The number of hydrogen-bond acceptors (Lipinski definition) is 7. The van der Waals surface area contributed by atoms with E-state index in [9.17, 15) is 19.8 Å². The molecule has 0 radical (unpaired) electrons. The first kappa shape index (κ1) is 17.4. The zero-order valence-electron chi connectivity index (χ0n) is 13.9. The standard InChI is InChI=1S/C18H17NO7/c1-10(11-2-5-15-16(6-11)26-9-25-15)19-17(22)8-24-18(23)13-4-3-12(20)7-14(13)21/h2-7,10,20-21H,8-9H2,1H3,(H,19,22)/t10-/m1/s1. The molecule has 1 heterocycles. The smallest absolute Gasteiger partial charge is 0.342 e. The number of carbonyl (C=O) groups excluding carboxylic acids is 2. The van der Waals surface area contributed by atoms with Crippen LogP contribution in [0.3, 0.4) is 0 Å². The Labute approximate surface area is 148 Å². The maximum Gasteiger partial charge on any atom is 0.342 e. The quantitative estimate of drug-likeness (QED) is 0.698. The average molecular weight is 359 g/mol. The van der Waals surface area contributed by atoms with E-state index in [1.54, 1.807) is 25.1 Å². The topological polar surface area (TPSA) is 114 Å². The summed E-state index contributed by atoms with van der Waals surface area (Å²) in [6.45, 7) is 1.44. The van der Waals surface area contributed by atoms with E-state index in [1.165, 1.54) is 12.1 Å². The second-order valence-corrected chi connectivity index (χ2v) is 5.68. The molecule has 26 heavy (non-hydrogen) atoms. The van der Waals surface area contributed by atoms with Crippen LogP contribution in [-0.4, -0.2) is 35.5 Å². The van der Waals surface area contributed by atoms with Crippen molar-refractivity contribution in [3.63, 3.8) is 0 Å². The molecule has 1 aliphatic rings. The zero-order valence-corrected chi connectivity index (χ0v) is 13.9. The van der Waals surface area contributed by atoms with E-state index in [2.05, 4.69) is 5.32 Å². The van der Waals surface area contributed by atoms with Crippen molar-refractivity contribution in [1.82, 2.24) is 5.32 Å². The molecule has 3 N–H and O–H groups in total. The van der Waals surface area contributed by atoms with Gasteiger partial charge in [-0.1, -0.05) is 6.07 Å². The average Bonchev–Trinajstić information content (AvgIpc) is 3.07. The van der Waals surface area contributed by atoms with Crippen LogP contribution in [0, 0.1) is 0 Å². The van der Waals surface area contributed by atoms with Crippen LogP contribution in [0.2, 0.25) is 0 Å². The third kappa shape index (κ3) is 3.80. The third-order valence-corrected chi connectivity index (χ3v) is 3.81. The van der Waals surface area contributed by atoms with Gasteiger partial charge in [0.1, 0.15) is 17.1 Å². The number of carbonyl (C=O) groups is 2. The van der Waals surface area contributed by atoms with Crippen molar-refractivity contribution in [2.24, 2.45) is 0 Å². The maximum atomic E-state index is 12.0. The molecule has 1 atom stereocenters. The molecule has 0 saturated carbocycles. The lowest BCUT2D eigenvalue weighted by atomic mass is 10.1. The van der Waals surface area contributed by atoms with E-state index in [4.69, 9.17) is 14.2 Å². The van der Waals surface area contributed by atoms with E-state index in [1.807, 2.05) is 0 Å². The molecule has 0 saturated heterocycles. The first-order valence-corrected chi connectivity index (χ1v) is 7.82. The summed E-state index contributed by atoms with van der Waals surface area (Å²) < 4.78 is 15.4. The Morgan fingerprint density at radius 1 is 1.15 bits per heavy atom. The van der Waals surface area contributed by atoms with Gasteiger partial charge in [-0.2, -0.15) is 0 Å². The monoisotopic (exact) mass is 359 g/mol. The van der Waals surface area contributed by atoms with Gasteiger partial charge in [0.25, 0.3) is 5.91 Å². The molecule has 8 heteroatoms. The van der Waals surface area contributed by atoms with Crippen molar-refractivity contribution >= 4 is 11.9 Å². The number of benzene rings is 2. The molecule has 0 aromatic heterocycles. The molecule has 0 spiro atoms. The summed E-state index contributed by atoms with van der Waals surface area (Å²) >= 11 is 0. The minimum atomic E-state index is -0.867. The van der Waals surface area contributed by atoms with Gasteiger partial charge in [0.05, 0.1) is 6.04 Å². The zero-order chi connectivity index (χ0) is 18.7. The lowest BCUT2D eigenvalue weighted by molar-refractivity contribution is -0.124. The van der Waals surface area contributed by atoms with Crippen LogP contribution < -0.4 is 14.8 Å². The second-order valence-electron chi connectivity index (χ2n) is 5.68.